The molecule has 4 N–H and O–H groups in total. The number of aromatic hydroxyl groups is 4. The van der Waals surface area contributed by atoms with E-state index in [1.54, 1.807) is 60.7 Å². The van der Waals surface area contributed by atoms with Crippen molar-refractivity contribution in [3.63, 3.8) is 0 Å². The Labute approximate surface area is 449 Å². The van der Waals surface area contributed by atoms with E-state index in [9.17, 15) is 20.4 Å². The molecule has 0 fully saturated rings. The number of para-hydroxylation sites is 8. The fourth-order valence-electron chi connectivity index (χ4n) is 6.65. The minimum atomic E-state index is 0. The van der Waals surface area contributed by atoms with Gasteiger partial charge in [-0.2, -0.15) is 0 Å². The minimum Gasteiger partial charge on any atom is -0.507 e. The van der Waals surface area contributed by atoms with Gasteiger partial charge in [-0.25, -0.2) is 9.97 Å². The molecule has 16 heteroatoms. The third-order valence-corrected chi connectivity index (χ3v) is 12.0. The number of phenolic OH excluding ortho intramolecular Hbond substituents is 4. The molecule has 0 aliphatic heterocycles. The second-order valence-corrected chi connectivity index (χ2v) is 16.6. The topological polar surface area (TPSA) is 185 Å². The van der Waals surface area contributed by atoms with Crippen molar-refractivity contribution in [1.82, 2.24) is 30.4 Å². The average molecular weight is 1090 g/mol. The first-order chi connectivity index (χ1) is 33.4. The number of oxazole rings is 2. The Morgan fingerprint density at radius 2 is 0.583 bits per heavy atom. The smallest absolute Gasteiger partial charge is 0.231 e. The largest absolute Gasteiger partial charge is 0.507 e. The number of hydrogen-bond acceptors (Lipinski definition) is 14. The van der Waals surface area contributed by atoms with Crippen LogP contribution in [0, 0.1) is 0 Å². The molecule has 0 aliphatic rings. The number of hydrogen-bond donors (Lipinski definition) is 4. The molecule has 4 heterocycles. The van der Waals surface area contributed by atoms with Gasteiger partial charge in [-0.1, -0.05) is 171 Å². The molecule has 0 unspecified atom stereocenters. The van der Waals surface area contributed by atoms with Crippen molar-refractivity contribution < 1.29 is 68.2 Å². The van der Waals surface area contributed by atoms with Gasteiger partial charge in [0.1, 0.15) is 44.0 Å². The van der Waals surface area contributed by atoms with Crippen LogP contribution < -0.4 is 0 Å². The number of benzene rings is 8. The van der Waals surface area contributed by atoms with E-state index in [0.29, 0.717) is 22.9 Å². The van der Waals surface area contributed by atoms with E-state index in [1.807, 2.05) is 146 Å². The third-order valence-electron chi connectivity index (χ3n) is 10.0. The number of phenols is 4. The van der Waals surface area contributed by atoms with Gasteiger partial charge in [0.25, 0.3) is 0 Å². The van der Waals surface area contributed by atoms with Crippen molar-refractivity contribution in [2.45, 2.75) is 14.9 Å². The standard InChI is InChI=1S/2C14H10N2OS.2C13H9NO2.2CH4.2Zn/c2*17-12-9-5-4-8-11(12)14-16-15-13(18-14)10-6-2-1-3-7-10;2*15-11-7-3-1-5-9(11)13-14-10-6-2-4-8-12(10)16-13;;;;/h2*1-9,17H;2*1-8,15H;2*1H4;;. The summed E-state index contributed by atoms with van der Waals surface area (Å²) in [5.74, 6) is 1.70. The molecule has 0 radical (unpaired) electrons. The molecule has 72 heavy (non-hydrogen) atoms. The van der Waals surface area contributed by atoms with Crippen LogP contribution >= 0.6 is 22.7 Å². The Balaban J connectivity index is 0.000000175. The van der Waals surface area contributed by atoms with Gasteiger partial charge in [-0.15, -0.1) is 20.4 Å². The maximum atomic E-state index is 9.78. The second-order valence-electron chi connectivity index (χ2n) is 14.6. The zero-order chi connectivity index (χ0) is 46.7. The summed E-state index contributed by atoms with van der Waals surface area (Å²) in [6.45, 7) is 0. The molecule has 0 atom stereocenters. The van der Waals surface area contributed by atoms with Crippen molar-refractivity contribution in [1.29, 1.82) is 0 Å². The van der Waals surface area contributed by atoms with E-state index in [0.717, 1.165) is 64.5 Å². The number of fused-ring (bicyclic) bond motifs is 2. The Bertz CT molecular complexity index is 3270. The summed E-state index contributed by atoms with van der Waals surface area (Å²) in [5, 5.41) is 58.7. The van der Waals surface area contributed by atoms with Crippen molar-refractivity contribution in [3.05, 3.63) is 206 Å². The van der Waals surface area contributed by atoms with E-state index < -0.39 is 0 Å². The summed E-state index contributed by atoms with van der Waals surface area (Å²) in [6, 6.07) is 63.1. The van der Waals surface area contributed by atoms with Gasteiger partial charge in [-0.05, 0) is 72.8 Å². The van der Waals surface area contributed by atoms with Crippen molar-refractivity contribution >= 4 is 44.9 Å². The van der Waals surface area contributed by atoms with E-state index in [1.165, 1.54) is 22.7 Å². The predicted molar refractivity (Wildman–Crippen MR) is 281 cm³/mol. The Morgan fingerprint density at radius 3 is 0.917 bits per heavy atom. The van der Waals surface area contributed by atoms with Crippen LogP contribution in [0.25, 0.3) is 87.4 Å². The monoisotopic (exact) mass is 1090 g/mol. The molecule has 12 rings (SSSR count). The minimum absolute atomic E-state index is 0. The molecule has 12 nitrogen and oxygen atoms in total. The van der Waals surface area contributed by atoms with Crippen LogP contribution in [0.5, 0.6) is 23.0 Å². The van der Waals surface area contributed by atoms with Gasteiger partial charge in [0.15, 0.2) is 21.2 Å². The summed E-state index contributed by atoms with van der Waals surface area (Å²) in [5.41, 5.74) is 7.77. The third kappa shape index (κ3) is 13.4. The van der Waals surface area contributed by atoms with E-state index in [4.69, 9.17) is 8.83 Å². The van der Waals surface area contributed by atoms with Gasteiger partial charge in [0, 0.05) is 50.1 Å². The summed E-state index contributed by atoms with van der Waals surface area (Å²) in [4.78, 5) is 8.63. The molecular formula is C56H46N6O6S2Zn2. The maximum absolute atomic E-state index is 9.78. The zero-order valence-electron chi connectivity index (χ0n) is 37.1. The second kappa shape index (κ2) is 26.5. The van der Waals surface area contributed by atoms with Crippen LogP contribution in [0.1, 0.15) is 14.9 Å². The Hall–Kier alpha value is -7.73. The SMILES string of the molecule is C.C.Oc1ccccc1-c1nc2ccccc2o1.Oc1ccccc1-c1nc2ccccc2o1.Oc1ccccc1-c1nnc(-c2ccccc2)s1.Oc1ccccc1-c1nnc(-c2ccccc2)s1.[Zn].[Zn]. The fourth-order valence-corrected chi connectivity index (χ4v) is 8.42. The van der Waals surface area contributed by atoms with Crippen LogP contribution in [0.4, 0.5) is 0 Å². The van der Waals surface area contributed by atoms with Crippen LogP contribution in [0.3, 0.4) is 0 Å². The van der Waals surface area contributed by atoms with Gasteiger partial charge >= 0.3 is 0 Å². The van der Waals surface area contributed by atoms with Gasteiger partial charge < -0.3 is 29.3 Å². The number of rotatable bonds is 6. The Kier molecular flexibility index (Phi) is 20.3. The molecule has 0 saturated carbocycles. The molecule has 0 amide bonds. The fraction of sp³-hybridized carbons (Fsp3) is 0.0357. The summed E-state index contributed by atoms with van der Waals surface area (Å²) < 4.78 is 11.1. The first-order valence-electron chi connectivity index (χ1n) is 21.0. The molecule has 352 valence electrons. The quantitative estimate of drug-likeness (QED) is 0.116. The van der Waals surface area contributed by atoms with Crippen LogP contribution in [0.15, 0.2) is 215 Å². The first-order valence-corrected chi connectivity index (χ1v) is 22.6. The molecular weight excluding hydrogens is 1050 g/mol. The number of aromatic nitrogens is 6. The number of nitrogens with zero attached hydrogens (tertiary/aromatic N) is 6. The van der Waals surface area contributed by atoms with Crippen molar-refractivity contribution in [2.75, 3.05) is 0 Å². The average Bonchev–Trinajstić information content (AvgIpc) is 4.23. The van der Waals surface area contributed by atoms with E-state index >= 15 is 0 Å². The Morgan fingerprint density at radius 1 is 0.306 bits per heavy atom. The van der Waals surface area contributed by atoms with Crippen molar-refractivity contribution in [3.8, 4) is 88.2 Å². The molecule has 8 aromatic carbocycles. The van der Waals surface area contributed by atoms with Crippen LogP contribution in [-0.4, -0.2) is 50.8 Å². The molecule has 0 saturated heterocycles. The summed E-state index contributed by atoms with van der Waals surface area (Å²) >= 11 is 2.94. The molecule has 0 spiro atoms. The normalized spacial score (nSPS) is 10.0. The van der Waals surface area contributed by atoms with Crippen LogP contribution in [-0.2, 0) is 39.0 Å². The van der Waals surface area contributed by atoms with Gasteiger partial charge in [0.2, 0.25) is 11.8 Å². The summed E-state index contributed by atoms with van der Waals surface area (Å²) in [6.07, 6.45) is 0. The molecule has 4 aromatic heterocycles. The first kappa shape index (κ1) is 55.2. The van der Waals surface area contributed by atoms with Gasteiger partial charge in [-0.3, -0.25) is 0 Å². The zero-order valence-corrected chi connectivity index (χ0v) is 44.7. The van der Waals surface area contributed by atoms with Crippen molar-refractivity contribution in [2.24, 2.45) is 0 Å². The summed E-state index contributed by atoms with van der Waals surface area (Å²) in [7, 11) is 0. The van der Waals surface area contributed by atoms with Crippen LogP contribution in [0.2, 0.25) is 0 Å². The molecule has 0 bridgehead atoms. The van der Waals surface area contributed by atoms with E-state index in [-0.39, 0.29) is 76.8 Å². The van der Waals surface area contributed by atoms with E-state index in [2.05, 4.69) is 30.4 Å². The predicted octanol–water partition coefficient (Wildman–Crippen LogP) is 14.8. The van der Waals surface area contributed by atoms with Gasteiger partial charge in [0.05, 0.1) is 22.3 Å². The maximum Gasteiger partial charge on any atom is 0.231 e. The molecule has 12 aromatic rings. The molecule has 0 aliphatic carbocycles.